The monoisotopic (exact) mass is 229 g/mol. The maximum absolute atomic E-state index is 14.0. The largest absolute Gasteiger partial charge is 0.539 e. The summed E-state index contributed by atoms with van der Waals surface area (Å²) in [6, 6.07) is 8.85. The van der Waals surface area contributed by atoms with Gasteiger partial charge in [-0.2, -0.15) is 0 Å². The first-order valence-corrected chi connectivity index (χ1v) is 6.94. The van der Waals surface area contributed by atoms with Crippen molar-refractivity contribution in [1.29, 1.82) is 0 Å². The highest BCUT2D eigenvalue weighted by Gasteiger charge is 2.46. The SMILES string of the molecule is CCC(C)[Si](F)(F)N(C)c1ccccc1. The third-order valence-corrected chi connectivity index (χ3v) is 5.54. The van der Waals surface area contributed by atoms with Gasteiger partial charge in [0.2, 0.25) is 0 Å². The maximum Gasteiger partial charge on any atom is 0.539 e. The third-order valence-electron chi connectivity index (χ3n) is 2.80. The molecule has 0 spiro atoms. The Morgan fingerprint density at radius 3 is 2.27 bits per heavy atom. The topological polar surface area (TPSA) is 3.24 Å². The average molecular weight is 229 g/mol. The Morgan fingerprint density at radius 2 is 1.80 bits per heavy atom. The molecule has 0 aliphatic carbocycles. The fourth-order valence-corrected chi connectivity index (χ4v) is 3.05. The Balaban J connectivity index is 2.89. The van der Waals surface area contributed by atoms with Crippen LogP contribution in [0.2, 0.25) is 5.54 Å². The highest BCUT2D eigenvalue weighted by Crippen LogP contribution is 2.32. The van der Waals surface area contributed by atoms with Gasteiger partial charge in [-0.05, 0) is 18.6 Å². The van der Waals surface area contributed by atoms with Crippen molar-refractivity contribution in [2.45, 2.75) is 25.8 Å². The molecule has 0 saturated carbocycles. The zero-order valence-electron chi connectivity index (χ0n) is 9.37. The molecule has 1 atom stereocenters. The van der Waals surface area contributed by atoms with E-state index in [2.05, 4.69) is 0 Å². The van der Waals surface area contributed by atoms with Crippen LogP contribution in [-0.2, 0) is 0 Å². The van der Waals surface area contributed by atoms with Crippen LogP contribution < -0.4 is 4.57 Å². The van der Waals surface area contributed by atoms with Crippen molar-refractivity contribution < 1.29 is 8.22 Å². The molecule has 0 aliphatic heterocycles. The minimum Gasteiger partial charge on any atom is -0.351 e. The summed E-state index contributed by atoms with van der Waals surface area (Å²) in [6.07, 6.45) is 0.524. The van der Waals surface area contributed by atoms with Gasteiger partial charge in [-0.1, -0.05) is 32.0 Å². The van der Waals surface area contributed by atoms with E-state index in [1.807, 2.05) is 13.0 Å². The molecule has 0 amide bonds. The molecular formula is C11H17F2NSi. The molecule has 0 aliphatic rings. The van der Waals surface area contributed by atoms with Gasteiger partial charge in [-0.15, -0.1) is 0 Å². The normalized spacial score (nSPS) is 13.7. The minimum absolute atomic E-state index is 0.511. The van der Waals surface area contributed by atoms with Crippen LogP contribution in [0, 0.1) is 0 Å². The maximum atomic E-state index is 14.0. The number of hydrogen-bond donors (Lipinski definition) is 0. The highest BCUT2D eigenvalue weighted by atomic mass is 28.4. The summed E-state index contributed by atoms with van der Waals surface area (Å²) in [4.78, 5) is 0. The van der Waals surface area contributed by atoms with Gasteiger partial charge in [0.1, 0.15) is 0 Å². The smallest absolute Gasteiger partial charge is 0.351 e. The van der Waals surface area contributed by atoms with Gasteiger partial charge >= 0.3 is 8.90 Å². The zero-order chi connectivity index (χ0) is 11.5. The summed E-state index contributed by atoms with van der Waals surface area (Å²) in [5.41, 5.74) is 0.0946. The van der Waals surface area contributed by atoms with Crippen LogP contribution in [0.15, 0.2) is 30.3 Å². The molecule has 0 fully saturated rings. The second kappa shape index (κ2) is 4.75. The van der Waals surface area contributed by atoms with Crippen LogP contribution >= 0.6 is 0 Å². The van der Waals surface area contributed by atoms with Crippen molar-refractivity contribution in [2.75, 3.05) is 11.6 Å². The molecule has 84 valence electrons. The second-order valence-electron chi connectivity index (χ2n) is 3.79. The number of nitrogens with zero attached hydrogens (tertiary/aromatic N) is 1. The molecule has 0 aromatic heterocycles. The molecular weight excluding hydrogens is 212 g/mol. The van der Waals surface area contributed by atoms with E-state index in [4.69, 9.17) is 0 Å². The Kier molecular flexibility index (Phi) is 3.85. The molecule has 4 heteroatoms. The van der Waals surface area contributed by atoms with E-state index < -0.39 is 14.4 Å². The van der Waals surface area contributed by atoms with Gasteiger partial charge in [-0.3, -0.25) is 0 Å². The summed E-state index contributed by atoms with van der Waals surface area (Å²) in [5.74, 6) is 0. The predicted octanol–water partition coefficient (Wildman–Crippen LogP) is 3.80. The van der Waals surface area contributed by atoms with E-state index in [-0.39, 0.29) is 0 Å². The van der Waals surface area contributed by atoms with Gasteiger partial charge in [0.05, 0.1) is 0 Å². The molecule has 0 bridgehead atoms. The average Bonchev–Trinajstić information content (AvgIpc) is 2.28. The Morgan fingerprint density at radius 1 is 1.27 bits per heavy atom. The first-order valence-electron chi connectivity index (χ1n) is 5.16. The Labute approximate surface area is 91.2 Å². The second-order valence-corrected chi connectivity index (χ2v) is 6.62. The molecule has 0 saturated heterocycles. The quantitative estimate of drug-likeness (QED) is 0.560. The molecule has 0 N–H and O–H groups in total. The number of hydrogen-bond acceptors (Lipinski definition) is 1. The van der Waals surface area contributed by atoms with E-state index in [1.54, 1.807) is 31.2 Å². The van der Waals surface area contributed by atoms with E-state index >= 15 is 0 Å². The molecule has 1 unspecified atom stereocenters. The minimum atomic E-state index is -4.32. The van der Waals surface area contributed by atoms with Crippen LogP contribution in [0.1, 0.15) is 20.3 Å². The van der Waals surface area contributed by atoms with Crippen molar-refractivity contribution in [3.63, 3.8) is 0 Å². The zero-order valence-corrected chi connectivity index (χ0v) is 10.4. The highest BCUT2D eigenvalue weighted by molar-refractivity contribution is 6.71. The van der Waals surface area contributed by atoms with E-state index in [0.717, 1.165) is 0 Å². The van der Waals surface area contributed by atoms with Crippen LogP contribution in [-0.4, -0.2) is 16.0 Å². The van der Waals surface area contributed by atoms with Gasteiger partial charge in [0, 0.05) is 18.3 Å². The molecule has 1 aromatic carbocycles. The van der Waals surface area contributed by atoms with Crippen molar-refractivity contribution in [3.05, 3.63) is 30.3 Å². The predicted molar refractivity (Wildman–Crippen MR) is 62.5 cm³/mol. The lowest BCUT2D eigenvalue weighted by atomic mass is 10.3. The van der Waals surface area contributed by atoms with E-state index in [9.17, 15) is 8.22 Å². The van der Waals surface area contributed by atoms with Crippen molar-refractivity contribution in [1.82, 2.24) is 0 Å². The molecule has 1 aromatic rings. The molecule has 1 rings (SSSR count). The van der Waals surface area contributed by atoms with Gasteiger partial charge in [0.15, 0.2) is 0 Å². The van der Waals surface area contributed by atoms with Crippen LogP contribution in [0.3, 0.4) is 0 Å². The van der Waals surface area contributed by atoms with Gasteiger partial charge < -0.3 is 4.57 Å². The number of rotatable bonds is 4. The van der Waals surface area contributed by atoms with Crippen molar-refractivity contribution in [3.8, 4) is 0 Å². The van der Waals surface area contributed by atoms with Gasteiger partial charge in [-0.25, -0.2) is 8.22 Å². The fraction of sp³-hybridized carbons (Fsp3) is 0.455. The standard InChI is InChI=1S/C11H17F2NSi/c1-4-10(2)15(12,13)14(3)11-8-6-5-7-9-11/h5-10H,4H2,1-3H3. The summed E-state index contributed by atoms with van der Waals surface area (Å²) in [5, 5.41) is 0. The summed E-state index contributed by atoms with van der Waals surface area (Å²) < 4.78 is 29.1. The lowest BCUT2D eigenvalue weighted by molar-refractivity contribution is 0.539. The summed E-state index contributed by atoms with van der Waals surface area (Å²) in [6.45, 7) is 3.44. The van der Waals surface area contributed by atoms with Crippen LogP contribution in [0.4, 0.5) is 13.9 Å². The van der Waals surface area contributed by atoms with Crippen LogP contribution in [0.25, 0.3) is 0 Å². The molecule has 0 heterocycles. The first-order chi connectivity index (χ1) is 7.00. The third kappa shape index (κ3) is 2.56. The van der Waals surface area contributed by atoms with E-state index in [0.29, 0.717) is 12.1 Å². The van der Waals surface area contributed by atoms with Gasteiger partial charge in [0.25, 0.3) is 0 Å². The number of anilines is 1. The Hall–Kier alpha value is -0.903. The van der Waals surface area contributed by atoms with Crippen molar-refractivity contribution >= 4 is 14.6 Å². The Bertz CT molecular complexity index is 303. The van der Waals surface area contributed by atoms with Crippen LogP contribution in [0.5, 0.6) is 0 Å². The molecule has 0 radical (unpaired) electrons. The van der Waals surface area contributed by atoms with Crippen molar-refractivity contribution in [2.24, 2.45) is 0 Å². The summed E-state index contributed by atoms with van der Waals surface area (Å²) >= 11 is 0. The fourth-order valence-electron chi connectivity index (χ4n) is 1.40. The number of benzene rings is 1. The molecule has 15 heavy (non-hydrogen) atoms. The summed E-state index contributed by atoms with van der Waals surface area (Å²) in [7, 11) is -2.82. The molecule has 1 nitrogen and oxygen atoms in total. The number of halogens is 2. The number of para-hydroxylation sites is 1. The first kappa shape index (κ1) is 12.2. The van der Waals surface area contributed by atoms with E-state index in [1.165, 1.54) is 11.6 Å². The lowest BCUT2D eigenvalue weighted by Crippen LogP contribution is -2.47. The lowest BCUT2D eigenvalue weighted by Gasteiger charge is -2.30.